The number of para-hydroxylation sites is 1. The maximum Gasteiger partial charge on any atom is 0.237 e. The number of amides is 1. The molecule has 1 amide bonds. The van der Waals surface area contributed by atoms with Gasteiger partial charge in [0.15, 0.2) is 5.16 Å². The first kappa shape index (κ1) is 17.8. The quantitative estimate of drug-likeness (QED) is 0.631. The van der Waals surface area contributed by atoms with Crippen molar-refractivity contribution in [1.82, 2.24) is 14.8 Å². The molecule has 0 saturated heterocycles. The van der Waals surface area contributed by atoms with Gasteiger partial charge in [0.25, 0.3) is 0 Å². The Balaban J connectivity index is 1.50. The largest absolute Gasteiger partial charge is 0.325 e. The molecular weight excluding hydrogens is 356 g/mol. The zero-order valence-corrected chi connectivity index (χ0v) is 16.2. The van der Waals surface area contributed by atoms with Crippen molar-refractivity contribution in [3.63, 3.8) is 0 Å². The van der Waals surface area contributed by atoms with Gasteiger partial charge in [-0.25, -0.2) is 0 Å². The predicted molar refractivity (Wildman–Crippen MR) is 109 cm³/mol. The molecule has 1 N–H and O–H groups in total. The highest BCUT2D eigenvalue weighted by Crippen LogP contribution is 2.39. The van der Waals surface area contributed by atoms with Crippen molar-refractivity contribution in [2.45, 2.75) is 43.1 Å². The lowest BCUT2D eigenvalue weighted by molar-refractivity contribution is -0.115. The Hall–Kier alpha value is -2.60. The molecule has 0 bridgehead atoms. The third-order valence-corrected chi connectivity index (χ3v) is 5.72. The van der Waals surface area contributed by atoms with Gasteiger partial charge >= 0.3 is 0 Å². The first-order valence-corrected chi connectivity index (χ1v) is 10.0. The Morgan fingerprint density at radius 2 is 1.81 bits per heavy atom. The predicted octanol–water partition coefficient (Wildman–Crippen LogP) is 4.71. The van der Waals surface area contributed by atoms with Crippen LogP contribution in [0, 0.1) is 6.92 Å². The Labute approximate surface area is 163 Å². The van der Waals surface area contributed by atoms with E-state index in [2.05, 4.69) is 20.1 Å². The van der Waals surface area contributed by atoms with Crippen LogP contribution in [-0.4, -0.2) is 25.9 Å². The summed E-state index contributed by atoms with van der Waals surface area (Å²) >= 11 is 1.47. The zero-order valence-electron chi connectivity index (χ0n) is 15.4. The second-order valence-electron chi connectivity index (χ2n) is 6.79. The van der Waals surface area contributed by atoms with E-state index in [1.54, 1.807) is 0 Å². The summed E-state index contributed by atoms with van der Waals surface area (Å²) in [6.07, 6.45) is 2.33. The minimum Gasteiger partial charge on any atom is -0.325 e. The van der Waals surface area contributed by atoms with Gasteiger partial charge in [-0.1, -0.05) is 60.3 Å². The van der Waals surface area contributed by atoms with E-state index in [9.17, 15) is 4.79 Å². The van der Waals surface area contributed by atoms with Gasteiger partial charge in [0.2, 0.25) is 5.91 Å². The van der Waals surface area contributed by atoms with Crippen LogP contribution in [0.25, 0.3) is 11.1 Å². The summed E-state index contributed by atoms with van der Waals surface area (Å²) in [5.41, 5.74) is 2.92. The number of thioether (sulfide) groups is 1. The van der Waals surface area contributed by atoms with E-state index in [1.165, 1.54) is 11.8 Å². The van der Waals surface area contributed by atoms with Crippen LogP contribution in [0.4, 0.5) is 5.69 Å². The second-order valence-corrected chi connectivity index (χ2v) is 8.10. The fourth-order valence-corrected chi connectivity index (χ4v) is 4.06. The number of rotatable bonds is 6. The molecule has 1 aliphatic rings. The molecule has 0 radical (unpaired) electrons. The average Bonchev–Trinajstić information content (AvgIpc) is 3.46. The number of nitrogens with zero attached hydrogens (tertiary/aromatic N) is 3. The maximum absolute atomic E-state index is 12.8. The molecule has 0 aliphatic heterocycles. The van der Waals surface area contributed by atoms with Crippen LogP contribution in [0.1, 0.15) is 31.6 Å². The molecule has 1 aromatic heterocycles. The van der Waals surface area contributed by atoms with Gasteiger partial charge in [0, 0.05) is 17.3 Å². The topological polar surface area (TPSA) is 59.8 Å². The molecule has 2 aromatic carbocycles. The molecule has 0 spiro atoms. The van der Waals surface area contributed by atoms with Crippen molar-refractivity contribution in [2.75, 3.05) is 5.32 Å². The molecule has 1 heterocycles. The first-order valence-electron chi connectivity index (χ1n) is 9.17. The van der Waals surface area contributed by atoms with E-state index in [0.29, 0.717) is 6.04 Å². The number of anilines is 1. The fourth-order valence-electron chi connectivity index (χ4n) is 3.09. The Bertz CT molecular complexity index is 950. The lowest BCUT2D eigenvalue weighted by Crippen LogP contribution is -2.23. The second kappa shape index (κ2) is 7.56. The van der Waals surface area contributed by atoms with Gasteiger partial charge in [-0.2, -0.15) is 0 Å². The normalized spacial score (nSPS) is 14.7. The van der Waals surface area contributed by atoms with Crippen molar-refractivity contribution in [3.05, 3.63) is 60.4 Å². The molecule has 1 aliphatic carbocycles. The zero-order chi connectivity index (χ0) is 18.8. The fraction of sp³-hybridized carbons (Fsp3) is 0.286. The number of benzene rings is 2. The lowest BCUT2D eigenvalue weighted by Gasteiger charge is -2.15. The number of hydrogen-bond donors (Lipinski definition) is 1. The van der Waals surface area contributed by atoms with Gasteiger partial charge in [-0.3, -0.25) is 4.79 Å². The number of hydrogen-bond acceptors (Lipinski definition) is 4. The third-order valence-electron chi connectivity index (χ3n) is 4.67. The summed E-state index contributed by atoms with van der Waals surface area (Å²) in [5.74, 6) is 0.883. The van der Waals surface area contributed by atoms with Crippen LogP contribution in [0.5, 0.6) is 0 Å². The molecule has 1 unspecified atom stereocenters. The van der Waals surface area contributed by atoms with E-state index in [0.717, 1.165) is 40.6 Å². The highest BCUT2D eigenvalue weighted by molar-refractivity contribution is 8.00. The van der Waals surface area contributed by atoms with Crippen molar-refractivity contribution in [1.29, 1.82) is 0 Å². The van der Waals surface area contributed by atoms with E-state index in [1.807, 2.05) is 68.4 Å². The van der Waals surface area contributed by atoms with Gasteiger partial charge in [0.1, 0.15) is 5.82 Å². The molecule has 4 rings (SSSR count). The van der Waals surface area contributed by atoms with Gasteiger partial charge in [-0.15, -0.1) is 10.2 Å². The number of aryl methyl sites for hydroxylation is 1. The molecule has 1 saturated carbocycles. The van der Waals surface area contributed by atoms with Gasteiger partial charge < -0.3 is 9.88 Å². The van der Waals surface area contributed by atoms with Crippen molar-refractivity contribution in [3.8, 4) is 11.1 Å². The van der Waals surface area contributed by atoms with Gasteiger partial charge in [0.05, 0.1) is 5.25 Å². The number of aromatic nitrogens is 3. The summed E-state index contributed by atoms with van der Waals surface area (Å²) in [4.78, 5) is 12.8. The summed E-state index contributed by atoms with van der Waals surface area (Å²) in [7, 11) is 0. The summed E-state index contributed by atoms with van der Waals surface area (Å²) in [5, 5.41) is 12.1. The van der Waals surface area contributed by atoms with Crippen LogP contribution in [0.15, 0.2) is 59.8 Å². The van der Waals surface area contributed by atoms with Crippen molar-refractivity contribution >= 4 is 23.4 Å². The third kappa shape index (κ3) is 3.90. The van der Waals surface area contributed by atoms with Crippen molar-refractivity contribution in [2.24, 2.45) is 0 Å². The molecule has 5 nitrogen and oxygen atoms in total. The summed E-state index contributed by atoms with van der Waals surface area (Å²) < 4.78 is 2.16. The first-order chi connectivity index (χ1) is 13.1. The Morgan fingerprint density at radius 1 is 1.11 bits per heavy atom. The Morgan fingerprint density at radius 3 is 2.56 bits per heavy atom. The average molecular weight is 379 g/mol. The van der Waals surface area contributed by atoms with Crippen LogP contribution in [0.3, 0.4) is 0 Å². The summed E-state index contributed by atoms with van der Waals surface area (Å²) in [6, 6.07) is 18.5. The molecular formula is C21H22N4OS. The van der Waals surface area contributed by atoms with Crippen LogP contribution in [0.2, 0.25) is 0 Å². The molecule has 27 heavy (non-hydrogen) atoms. The van der Waals surface area contributed by atoms with E-state index in [4.69, 9.17) is 0 Å². The molecule has 1 fully saturated rings. The van der Waals surface area contributed by atoms with Crippen LogP contribution >= 0.6 is 11.8 Å². The van der Waals surface area contributed by atoms with Gasteiger partial charge in [-0.05, 0) is 38.3 Å². The smallest absolute Gasteiger partial charge is 0.237 e. The number of nitrogens with one attached hydrogen (secondary N) is 1. The van der Waals surface area contributed by atoms with E-state index in [-0.39, 0.29) is 11.2 Å². The highest BCUT2D eigenvalue weighted by atomic mass is 32.2. The standard InChI is InChI=1S/C21H22N4OS/c1-14(27-21-24-23-15(2)25(21)17-12-13-17)20(26)22-19-11-7-6-10-18(19)16-8-4-3-5-9-16/h3-11,14,17H,12-13H2,1-2H3,(H,22,26). The Kier molecular flexibility index (Phi) is 4.99. The van der Waals surface area contributed by atoms with E-state index < -0.39 is 0 Å². The maximum atomic E-state index is 12.8. The van der Waals surface area contributed by atoms with Crippen LogP contribution < -0.4 is 5.32 Å². The SMILES string of the molecule is Cc1nnc(SC(C)C(=O)Nc2ccccc2-c2ccccc2)n1C1CC1. The summed E-state index contributed by atoms with van der Waals surface area (Å²) in [6.45, 7) is 3.88. The minimum atomic E-state index is -0.269. The molecule has 138 valence electrons. The van der Waals surface area contributed by atoms with Crippen molar-refractivity contribution < 1.29 is 4.79 Å². The molecule has 6 heteroatoms. The minimum absolute atomic E-state index is 0.0358. The lowest BCUT2D eigenvalue weighted by atomic mass is 10.0. The number of carbonyl (C=O) groups is 1. The highest BCUT2D eigenvalue weighted by Gasteiger charge is 2.30. The van der Waals surface area contributed by atoms with E-state index >= 15 is 0 Å². The monoisotopic (exact) mass is 378 g/mol. The molecule has 3 aromatic rings. The molecule has 1 atom stereocenters. The van der Waals surface area contributed by atoms with Crippen LogP contribution in [-0.2, 0) is 4.79 Å². The number of carbonyl (C=O) groups excluding carboxylic acids is 1.